The van der Waals surface area contributed by atoms with Crippen LogP contribution in [0.2, 0.25) is 0 Å². The molecule has 0 aliphatic heterocycles. The molecule has 0 radical (unpaired) electrons. The molecule has 0 heterocycles. The largest absolute Gasteiger partial charge is 0.327 e. The van der Waals surface area contributed by atoms with E-state index in [1.54, 1.807) is 0 Å². The Balaban J connectivity index is 1.52. The maximum absolute atomic E-state index is 5.58. The number of allylic oxidation sites excluding steroid dienone is 11. The first-order valence-electron chi connectivity index (χ1n) is 15.0. The number of aryl methyl sites for hydroxylation is 1. The van der Waals surface area contributed by atoms with Crippen molar-refractivity contribution in [1.82, 2.24) is 0 Å². The van der Waals surface area contributed by atoms with Crippen LogP contribution in [-0.4, -0.2) is 6.54 Å². The van der Waals surface area contributed by atoms with Gasteiger partial charge in [0.15, 0.2) is 0 Å². The smallest absolute Gasteiger partial charge is 0.0109 e. The monoisotopic (exact) mass is 549 g/mol. The van der Waals surface area contributed by atoms with Gasteiger partial charge in [-0.2, -0.15) is 0 Å². The number of benzene rings is 3. The van der Waals surface area contributed by atoms with Gasteiger partial charge in [0.25, 0.3) is 0 Å². The van der Waals surface area contributed by atoms with Crippen LogP contribution in [0.5, 0.6) is 0 Å². The molecule has 5 rings (SSSR count). The SMILES string of the molecule is C=C(/C=C\C=C/CN)C1=CCC=C1c1cccc(-c2ccc(-c3cccc4c3C(=C)C=CC(C)C4(C)C)cc2C)c1C. The maximum atomic E-state index is 5.58. The summed E-state index contributed by atoms with van der Waals surface area (Å²) in [6.07, 6.45) is 18.0. The third-order valence-electron chi connectivity index (χ3n) is 9.22. The van der Waals surface area contributed by atoms with Crippen LogP contribution >= 0.6 is 0 Å². The molecular weight excluding hydrogens is 506 g/mol. The van der Waals surface area contributed by atoms with E-state index >= 15 is 0 Å². The quantitative estimate of drug-likeness (QED) is 0.291. The average Bonchev–Trinajstić information content (AvgIpc) is 3.45. The van der Waals surface area contributed by atoms with Gasteiger partial charge >= 0.3 is 0 Å². The van der Waals surface area contributed by atoms with Crippen molar-refractivity contribution in [2.45, 2.75) is 46.5 Å². The minimum absolute atomic E-state index is 0.0261. The number of fused-ring (bicyclic) bond motifs is 1. The number of hydrogen-bond acceptors (Lipinski definition) is 1. The third-order valence-corrected chi connectivity index (χ3v) is 9.22. The summed E-state index contributed by atoms with van der Waals surface area (Å²) in [6.45, 7) is 20.8. The highest BCUT2D eigenvalue weighted by Crippen LogP contribution is 2.45. The number of rotatable bonds is 7. The predicted octanol–water partition coefficient (Wildman–Crippen LogP) is 10.5. The number of hydrogen-bond donors (Lipinski definition) is 1. The molecule has 1 unspecified atom stereocenters. The average molecular weight is 550 g/mol. The fourth-order valence-electron chi connectivity index (χ4n) is 6.35. The predicted molar refractivity (Wildman–Crippen MR) is 184 cm³/mol. The van der Waals surface area contributed by atoms with Crippen molar-refractivity contribution < 1.29 is 0 Å². The molecule has 212 valence electrons. The summed E-state index contributed by atoms with van der Waals surface area (Å²) in [5, 5.41) is 0. The summed E-state index contributed by atoms with van der Waals surface area (Å²) in [5.74, 6) is 0.427. The molecular formula is C41H43N. The van der Waals surface area contributed by atoms with E-state index in [2.05, 4.69) is 133 Å². The summed E-state index contributed by atoms with van der Waals surface area (Å²) >= 11 is 0. The standard InChI is InChI=1S/C41H43N/c1-27(14-9-8-10-25-42)33-15-11-19-38(33)36-17-12-16-35(31(36)5)34-24-23-32(26-29(34)3)37-18-13-20-39-40(37)28(2)21-22-30(4)41(39,6)7/h8-10,12-24,26,30H,1-2,11,25,42H2,3-7H3/b10-8-,14-9-. The Hall–Kier alpha value is -4.20. The molecule has 0 spiro atoms. The molecule has 0 aromatic heterocycles. The molecule has 2 aliphatic carbocycles. The van der Waals surface area contributed by atoms with Crippen molar-refractivity contribution in [3.05, 3.63) is 155 Å². The van der Waals surface area contributed by atoms with Crippen LogP contribution in [0.4, 0.5) is 0 Å². The van der Waals surface area contributed by atoms with Crippen molar-refractivity contribution in [3.63, 3.8) is 0 Å². The van der Waals surface area contributed by atoms with E-state index in [1.807, 2.05) is 18.2 Å². The summed E-state index contributed by atoms with van der Waals surface area (Å²) in [6, 6.07) is 20.3. The lowest BCUT2D eigenvalue weighted by molar-refractivity contribution is 0.410. The highest BCUT2D eigenvalue weighted by atomic mass is 14.5. The fourth-order valence-corrected chi connectivity index (χ4v) is 6.35. The van der Waals surface area contributed by atoms with Crippen LogP contribution in [0, 0.1) is 19.8 Å². The summed E-state index contributed by atoms with van der Waals surface area (Å²) in [4.78, 5) is 0. The van der Waals surface area contributed by atoms with Crippen molar-refractivity contribution in [2.75, 3.05) is 6.54 Å². The third kappa shape index (κ3) is 5.38. The molecule has 1 heteroatoms. The van der Waals surface area contributed by atoms with Crippen molar-refractivity contribution in [2.24, 2.45) is 11.7 Å². The highest BCUT2D eigenvalue weighted by Gasteiger charge is 2.32. The second kappa shape index (κ2) is 12.0. The Morgan fingerprint density at radius 2 is 1.69 bits per heavy atom. The van der Waals surface area contributed by atoms with Gasteiger partial charge < -0.3 is 5.73 Å². The fraction of sp³-hybridized carbons (Fsp3) is 0.220. The van der Waals surface area contributed by atoms with E-state index in [1.165, 1.54) is 61.2 Å². The molecule has 1 nitrogen and oxygen atoms in total. The lowest BCUT2D eigenvalue weighted by Crippen LogP contribution is -2.25. The topological polar surface area (TPSA) is 26.0 Å². The Morgan fingerprint density at radius 1 is 0.952 bits per heavy atom. The molecule has 0 bridgehead atoms. The second-order valence-electron chi connectivity index (χ2n) is 12.2. The molecule has 0 saturated carbocycles. The van der Waals surface area contributed by atoms with Gasteiger partial charge in [0.2, 0.25) is 0 Å². The van der Waals surface area contributed by atoms with E-state index < -0.39 is 0 Å². The first kappa shape index (κ1) is 29.3. The molecule has 2 aliphatic rings. The van der Waals surface area contributed by atoms with Gasteiger partial charge in [-0.15, -0.1) is 0 Å². The van der Waals surface area contributed by atoms with E-state index in [4.69, 9.17) is 5.73 Å². The van der Waals surface area contributed by atoms with Gasteiger partial charge in [-0.3, -0.25) is 0 Å². The normalized spacial score (nSPS) is 17.9. The molecule has 3 aromatic carbocycles. The number of nitrogens with two attached hydrogens (primary N) is 1. The first-order chi connectivity index (χ1) is 20.1. The van der Waals surface area contributed by atoms with Crippen molar-refractivity contribution in [3.8, 4) is 22.3 Å². The van der Waals surface area contributed by atoms with Crippen LogP contribution in [0.3, 0.4) is 0 Å². The zero-order chi connectivity index (χ0) is 30.0. The first-order valence-corrected chi connectivity index (χ1v) is 15.0. The Labute approximate surface area is 252 Å². The van der Waals surface area contributed by atoms with Crippen LogP contribution in [0.25, 0.3) is 33.4 Å². The van der Waals surface area contributed by atoms with Crippen LogP contribution in [0.1, 0.15) is 55.0 Å². The van der Waals surface area contributed by atoms with Gasteiger partial charge in [0.1, 0.15) is 0 Å². The highest BCUT2D eigenvalue weighted by molar-refractivity contribution is 5.91. The molecule has 0 saturated heterocycles. The van der Waals surface area contributed by atoms with E-state index in [0.29, 0.717) is 12.5 Å². The molecule has 0 fully saturated rings. The summed E-state index contributed by atoms with van der Waals surface area (Å²) in [7, 11) is 0. The zero-order valence-electron chi connectivity index (χ0n) is 25.8. The van der Waals surface area contributed by atoms with Gasteiger partial charge in [0, 0.05) is 6.54 Å². The van der Waals surface area contributed by atoms with Crippen molar-refractivity contribution in [1.29, 1.82) is 0 Å². The minimum atomic E-state index is 0.0261. The van der Waals surface area contributed by atoms with Crippen LogP contribution in [0.15, 0.2) is 128 Å². The van der Waals surface area contributed by atoms with Crippen LogP contribution < -0.4 is 5.73 Å². The Kier molecular flexibility index (Phi) is 8.34. The lowest BCUT2D eigenvalue weighted by atomic mass is 9.72. The molecule has 2 N–H and O–H groups in total. The van der Waals surface area contributed by atoms with Gasteiger partial charge in [-0.05, 0) is 104 Å². The van der Waals surface area contributed by atoms with Crippen molar-refractivity contribution >= 4 is 11.1 Å². The Morgan fingerprint density at radius 3 is 2.45 bits per heavy atom. The minimum Gasteiger partial charge on any atom is -0.327 e. The molecule has 0 amide bonds. The molecule has 3 aromatic rings. The second-order valence-corrected chi connectivity index (χ2v) is 12.2. The summed E-state index contributed by atoms with van der Waals surface area (Å²) < 4.78 is 0. The van der Waals surface area contributed by atoms with E-state index in [-0.39, 0.29) is 5.41 Å². The molecule has 42 heavy (non-hydrogen) atoms. The summed E-state index contributed by atoms with van der Waals surface area (Å²) in [5.41, 5.74) is 21.6. The van der Waals surface area contributed by atoms with Gasteiger partial charge in [-0.25, -0.2) is 0 Å². The Bertz CT molecular complexity index is 1710. The van der Waals surface area contributed by atoms with Gasteiger partial charge in [0.05, 0.1) is 0 Å². The van der Waals surface area contributed by atoms with Gasteiger partial charge in [-0.1, -0.05) is 137 Å². The zero-order valence-corrected chi connectivity index (χ0v) is 25.8. The lowest BCUT2D eigenvalue weighted by Gasteiger charge is -2.32. The van der Waals surface area contributed by atoms with E-state index in [0.717, 1.165) is 17.6 Å². The van der Waals surface area contributed by atoms with E-state index in [9.17, 15) is 0 Å². The molecule has 1 atom stereocenters. The maximum Gasteiger partial charge on any atom is 0.0109 e. The van der Waals surface area contributed by atoms with Crippen LogP contribution in [-0.2, 0) is 5.41 Å².